The minimum absolute atomic E-state index is 0.109. The van der Waals surface area contributed by atoms with Crippen molar-refractivity contribution >= 4 is 34.9 Å². The Balaban J connectivity index is 1.60. The summed E-state index contributed by atoms with van der Waals surface area (Å²) >= 11 is 0. The summed E-state index contributed by atoms with van der Waals surface area (Å²) in [4.78, 5) is 30.4. The van der Waals surface area contributed by atoms with Gasteiger partial charge in [0.2, 0.25) is 0 Å². The number of nitrogens with zero attached hydrogens (tertiary/aromatic N) is 2. The Labute approximate surface area is 230 Å². The lowest BCUT2D eigenvalue weighted by atomic mass is 10.00. The summed E-state index contributed by atoms with van der Waals surface area (Å²) in [5.74, 6) is -0.109. The third-order valence-corrected chi connectivity index (χ3v) is 6.34. The monoisotopic (exact) mass is 522 g/mol. The molecule has 2 atom stereocenters. The number of anilines is 4. The Morgan fingerprint density at radius 3 is 1.15 bits per heavy atom. The fourth-order valence-corrected chi connectivity index (χ4v) is 4.40. The van der Waals surface area contributed by atoms with Gasteiger partial charge in [-0.05, 0) is 60.9 Å². The number of carbonyl (C=O) groups is 2. The number of carbonyl (C=O) groups excluding carboxylic acids is 2. The van der Waals surface area contributed by atoms with Crippen LogP contribution in [0.25, 0.3) is 0 Å². The Kier molecular flexibility index (Phi) is 9.35. The lowest BCUT2D eigenvalue weighted by Gasteiger charge is -2.33. The van der Waals surface area contributed by atoms with E-state index < -0.39 is 24.4 Å². The minimum atomic E-state index is -0.672. The fourth-order valence-electron chi connectivity index (χ4n) is 4.40. The molecule has 0 aliphatic heterocycles. The minimum Gasteiger partial charge on any atom is -0.442 e. The molecule has 0 aliphatic carbocycles. The third kappa shape index (κ3) is 6.85. The van der Waals surface area contributed by atoms with Gasteiger partial charge >= 0.3 is 12.2 Å². The van der Waals surface area contributed by atoms with Crippen LogP contribution in [0.2, 0.25) is 0 Å². The Hall–Kier alpha value is -4.58. The summed E-state index contributed by atoms with van der Waals surface area (Å²) in [5, 5.41) is 0. The number of hydrogen-bond acceptors (Lipinski definition) is 4. The van der Waals surface area contributed by atoms with Gasteiger partial charge in [-0.2, -0.15) is 0 Å². The molecule has 4 aromatic carbocycles. The molecule has 200 valence electrons. The van der Waals surface area contributed by atoms with E-state index in [0.29, 0.717) is 29.2 Å². The summed E-state index contributed by atoms with van der Waals surface area (Å²) in [6.45, 7) is 5.83. The molecule has 0 saturated heterocycles. The number of rotatable bonds is 9. The van der Waals surface area contributed by atoms with E-state index in [1.165, 1.54) is 9.80 Å². The van der Waals surface area contributed by atoms with Crippen LogP contribution < -0.4 is 9.80 Å². The van der Waals surface area contributed by atoms with Crippen molar-refractivity contribution in [2.45, 2.75) is 39.4 Å². The van der Waals surface area contributed by atoms with Gasteiger partial charge in [-0.15, -0.1) is 0 Å². The predicted molar refractivity (Wildman–Crippen MR) is 156 cm³/mol. The van der Waals surface area contributed by atoms with E-state index in [1.54, 1.807) is 0 Å². The molecular formula is C33H34N2O4. The molecule has 0 saturated carbocycles. The van der Waals surface area contributed by atoms with Crippen molar-refractivity contribution in [2.75, 3.05) is 9.80 Å². The van der Waals surface area contributed by atoms with Crippen LogP contribution in [-0.4, -0.2) is 24.4 Å². The first-order valence-corrected chi connectivity index (χ1v) is 13.2. The van der Waals surface area contributed by atoms with Crippen molar-refractivity contribution < 1.29 is 19.1 Å². The van der Waals surface area contributed by atoms with Gasteiger partial charge in [0.15, 0.2) is 0 Å². The highest BCUT2D eigenvalue weighted by Gasteiger charge is 2.34. The first kappa shape index (κ1) is 27.5. The van der Waals surface area contributed by atoms with Gasteiger partial charge < -0.3 is 9.47 Å². The zero-order valence-corrected chi connectivity index (χ0v) is 22.5. The van der Waals surface area contributed by atoms with Crippen LogP contribution >= 0.6 is 0 Å². The van der Waals surface area contributed by atoms with Crippen molar-refractivity contribution in [3.8, 4) is 0 Å². The molecule has 0 aliphatic rings. The molecule has 0 radical (unpaired) electrons. The highest BCUT2D eigenvalue weighted by Crippen LogP contribution is 2.30. The van der Waals surface area contributed by atoms with E-state index in [0.717, 1.165) is 0 Å². The molecule has 2 amide bonds. The molecule has 39 heavy (non-hydrogen) atoms. The number of hydrogen-bond donors (Lipinski definition) is 0. The lowest BCUT2D eigenvalue weighted by Crippen LogP contribution is -2.43. The first-order valence-electron chi connectivity index (χ1n) is 13.2. The van der Waals surface area contributed by atoms with Gasteiger partial charge in [0, 0.05) is 0 Å². The van der Waals surface area contributed by atoms with Crippen LogP contribution in [0, 0.1) is 5.92 Å². The van der Waals surface area contributed by atoms with Gasteiger partial charge in [-0.3, -0.25) is 0 Å². The van der Waals surface area contributed by atoms with Crippen LogP contribution in [0.4, 0.5) is 32.3 Å². The standard InChI is InChI=1S/C33H34N2O4/c1-4-30(38-32(36)34(26-17-9-5-10-18-26)27-19-11-6-12-20-27)31(25(2)3)39-33(37)35(28-21-13-7-14-22-28)29-23-15-8-16-24-29/h5-25,30-31H,4H2,1-3H3. The molecule has 0 N–H and O–H groups in total. The van der Waals surface area contributed by atoms with E-state index in [4.69, 9.17) is 9.47 Å². The molecule has 6 nitrogen and oxygen atoms in total. The number of amides is 2. The summed E-state index contributed by atoms with van der Waals surface area (Å²) in [6.07, 6.45) is -1.94. The topological polar surface area (TPSA) is 59.1 Å². The summed E-state index contributed by atoms with van der Waals surface area (Å²) in [5.41, 5.74) is 2.73. The summed E-state index contributed by atoms with van der Waals surface area (Å²) in [7, 11) is 0. The van der Waals surface area contributed by atoms with Crippen molar-refractivity contribution in [3.63, 3.8) is 0 Å². The normalized spacial score (nSPS) is 12.3. The lowest BCUT2D eigenvalue weighted by molar-refractivity contribution is -0.0264. The van der Waals surface area contributed by atoms with Gasteiger partial charge in [0.25, 0.3) is 0 Å². The molecule has 6 heteroatoms. The first-order chi connectivity index (χ1) is 19.0. The largest absolute Gasteiger partial charge is 0.442 e. The Morgan fingerprint density at radius 1 is 0.564 bits per heavy atom. The van der Waals surface area contributed by atoms with Crippen LogP contribution in [0.3, 0.4) is 0 Å². The quantitative estimate of drug-likeness (QED) is 0.220. The number of ether oxygens (including phenoxy) is 2. The average Bonchev–Trinajstić information content (AvgIpc) is 2.97. The second-order valence-corrected chi connectivity index (χ2v) is 9.44. The zero-order valence-electron chi connectivity index (χ0n) is 22.5. The molecule has 4 rings (SSSR count). The fraction of sp³-hybridized carbons (Fsp3) is 0.212. The molecule has 0 spiro atoms. The van der Waals surface area contributed by atoms with Crippen molar-refractivity contribution in [1.82, 2.24) is 0 Å². The highest BCUT2D eigenvalue weighted by atomic mass is 16.6. The number of benzene rings is 4. The average molecular weight is 523 g/mol. The molecule has 4 aromatic rings. The number of para-hydroxylation sites is 4. The van der Waals surface area contributed by atoms with Crippen LogP contribution in [-0.2, 0) is 9.47 Å². The van der Waals surface area contributed by atoms with Gasteiger partial charge in [0.1, 0.15) is 12.2 Å². The van der Waals surface area contributed by atoms with Crippen molar-refractivity contribution in [1.29, 1.82) is 0 Å². The maximum Gasteiger partial charge on any atom is 0.419 e. The third-order valence-electron chi connectivity index (χ3n) is 6.34. The van der Waals surface area contributed by atoms with Crippen molar-refractivity contribution in [2.24, 2.45) is 5.92 Å². The van der Waals surface area contributed by atoms with E-state index in [-0.39, 0.29) is 5.92 Å². The van der Waals surface area contributed by atoms with Crippen LogP contribution in [0.15, 0.2) is 121 Å². The SMILES string of the molecule is CCC(OC(=O)N(c1ccccc1)c1ccccc1)C(OC(=O)N(c1ccccc1)c1ccccc1)C(C)C. The van der Waals surface area contributed by atoms with Crippen molar-refractivity contribution in [3.05, 3.63) is 121 Å². The molecule has 0 heterocycles. The van der Waals surface area contributed by atoms with E-state index in [1.807, 2.05) is 142 Å². The molecule has 2 unspecified atom stereocenters. The van der Waals surface area contributed by atoms with Gasteiger partial charge in [-0.25, -0.2) is 19.4 Å². The smallest absolute Gasteiger partial charge is 0.419 e. The molecule has 0 bridgehead atoms. The predicted octanol–water partition coefficient (Wildman–Crippen LogP) is 8.74. The second-order valence-electron chi connectivity index (χ2n) is 9.44. The van der Waals surface area contributed by atoms with Crippen LogP contribution in [0.1, 0.15) is 27.2 Å². The van der Waals surface area contributed by atoms with Gasteiger partial charge in [0.05, 0.1) is 22.7 Å². The molecule has 0 aromatic heterocycles. The van der Waals surface area contributed by atoms with E-state index in [2.05, 4.69) is 0 Å². The van der Waals surface area contributed by atoms with E-state index in [9.17, 15) is 9.59 Å². The van der Waals surface area contributed by atoms with E-state index >= 15 is 0 Å². The maximum absolute atomic E-state index is 13.7. The van der Waals surface area contributed by atoms with Gasteiger partial charge in [-0.1, -0.05) is 93.6 Å². The molecule has 0 fully saturated rings. The highest BCUT2D eigenvalue weighted by molar-refractivity contribution is 5.97. The maximum atomic E-state index is 13.7. The summed E-state index contributed by atoms with van der Waals surface area (Å²) < 4.78 is 12.2. The Bertz CT molecular complexity index is 1240. The second kappa shape index (κ2) is 13.3. The zero-order chi connectivity index (χ0) is 27.6. The summed E-state index contributed by atoms with van der Waals surface area (Å²) in [6, 6.07) is 37.4. The molecular weight excluding hydrogens is 488 g/mol. The van der Waals surface area contributed by atoms with Crippen LogP contribution in [0.5, 0.6) is 0 Å². The Morgan fingerprint density at radius 2 is 0.872 bits per heavy atom.